The Bertz CT molecular complexity index is 237. The number of nitrogens with zero attached hydrogens (tertiary/aromatic N) is 2. The Kier molecular flexibility index (Phi) is 7.28. The van der Waals surface area contributed by atoms with Crippen molar-refractivity contribution in [2.24, 2.45) is 11.7 Å². The third-order valence-electron chi connectivity index (χ3n) is 3.90. The van der Waals surface area contributed by atoms with Gasteiger partial charge >= 0.3 is 0 Å². The van der Waals surface area contributed by atoms with Gasteiger partial charge in [-0.3, -0.25) is 9.69 Å². The number of piperazine rings is 1. The monoisotopic (exact) mass is 255 g/mol. The summed E-state index contributed by atoms with van der Waals surface area (Å²) >= 11 is 0. The Morgan fingerprint density at radius 2 is 1.83 bits per heavy atom. The molecule has 1 amide bonds. The number of amides is 1. The average molecular weight is 255 g/mol. The number of rotatable bonds is 7. The third-order valence-corrected chi connectivity index (χ3v) is 3.90. The van der Waals surface area contributed by atoms with Crippen molar-refractivity contribution in [1.29, 1.82) is 0 Å². The van der Waals surface area contributed by atoms with E-state index < -0.39 is 0 Å². The lowest BCUT2D eigenvalue weighted by Gasteiger charge is -2.35. The summed E-state index contributed by atoms with van der Waals surface area (Å²) in [6, 6.07) is 0. The maximum atomic E-state index is 12.0. The van der Waals surface area contributed by atoms with Crippen LogP contribution in [0.1, 0.15) is 39.5 Å². The van der Waals surface area contributed by atoms with Crippen LogP contribution in [0.25, 0.3) is 0 Å². The molecule has 1 heterocycles. The summed E-state index contributed by atoms with van der Waals surface area (Å²) in [4.78, 5) is 16.5. The van der Waals surface area contributed by atoms with Crippen LogP contribution < -0.4 is 5.73 Å². The van der Waals surface area contributed by atoms with Crippen molar-refractivity contribution >= 4 is 5.91 Å². The van der Waals surface area contributed by atoms with Gasteiger partial charge in [-0.2, -0.15) is 0 Å². The number of carbonyl (C=O) groups excluding carboxylic acids is 1. The van der Waals surface area contributed by atoms with E-state index in [4.69, 9.17) is 5.73 Å². The first-order chi connectivity index (χ1) is 8.69. The van der Waals surface area contributed by atoms with E-state index in [2.05, 4.69) is 11.8 Å². The molecule has 0 saturated carbocycles. The molecule has 1 unspecified atom stereocenters. The Morgan fingerprint density at radius 3 is 2.39 bits per heavy atom. The van der Waals surface area contributed by atoms with E-state index >= 15 is 0 Å². The van der Waals surface area contributed by atoms with Gasteiger partial charge in [-0.25, -0.2) is 0 Å². The molecule has 1 aliphatic rings. The summed E-state index contributed by atoms with van der Waals surface area (Å²) in [6.45, 7) is 9.94. The summed E-state index contributed by atoms with van der Waals surface area (Å²) in [7, 11) is 0. The topological polar surface area (TPSA) is 49.6 Å². The highest BCUT2D eigenvalue weighted by Gasteiger charge is 2.23. The zero-order valence-electron chi connectivity index (χ0n) is 12.0. The lowest BCUT2D eigenvalue weighted by molar-refractivity contribution is -0.136. The molecular weight excluding hydrogens is 226 g/mol. The lowest BCUT2D eigenvalue weighted by atomic mass is 10.1. The van der Waals surface area contributed by atoms with Crippen molar-refractivity contribution in [3.8, 4) is 0 Å². The molecule has 0 bridgehead atoms. The largest absolute Gasteiger partial charge is 0.340 e. The molecule has 0 aromatic heterocycles. The molecule has 1 aliphatic heterocycles. The van der Waals surface area contributed by atoms with Crippen LogP contribution in [0.2, 0.25) is 0 Å². The van der Waals surface area contributed by atoms with Gasteiger partial charge in [0, 0.05) is 32.1 Å². The predicted octanol–water partition coefficient (Wildman–Crippen LogP) is 1.31. The van der Waals surface area contributed by atoms with Crippen molar-refractivity contribution in [3.05, 3.63) is 0 Å². The van der Waals surface area contributed by atoms with Gasteiger partial charge in [0.2, 0.25) is 5.91 Å². The minimum Gasteiger partial charge on any atom is -0.340 e. The van der Waals surface area contributed by atoms with Crippen LogP contribution in [-0.2, 0) is 4.79 Å². The minimum atomic E-state index is 0.182. The SMILES string of the molecule is CCC(C)C(=O)N1CCN(CCCCCN)CC1. The van der Waals surface area contributed by atoms with Crippen molar-refractivity contribution in [2.45, 2.75) is 39.5 Å². The molecule has 1 atom stereocenters. The molecule has 1 fully saturated rings. The Balaban J connectivity index is 2.18. The van der Waals surface area contributed by atoms with Crippen molar-refractivity contribution in [3.63, 3.8) is 0 Å². The molecule has 18 heavy (non-hydrogen) atoms. The number of hydrogen-bond donors (Lipinski definition) is 1. The van der Waals surface area contributed by atoms with Gasteiger partial charge in [0.25, 0.3) is 0 Å². The first-order valence-electron chi connectivity index (χ1n) is 7.40. The number of nitrogens with two attached hydrogens (primary N) is 1. The molecular formula is C14H29N3O. The number of carbonyl (C=O) groups is 1. The van der Waals surface area contributed by atoms with Crippen molar-refractivity contribution < 1.29 is 4.79 Å². The van der Waals surface area contributed by atoms with E-state index in [1.807, 2.05) is 11.8 Å². The van der Waals surface area contributed by atoms with E-state index in [1.165, 1.54) is 12.8 Å². The molecule has 2 N–H and O–H groups in total. The zero-order valence-corrected chi connectivity index (χ0v) is 12.0. The second kappa shape index (κ2) is 8.48. The molecule has 106 valence electrons. The molecule has 4 heteroatoms. The smallest absolute Gasteiger partial charge is 0.225 e. The quantitative estimate of drug-likeness (QED) is 0.698. The van der Waals surface area contributed by atoms with Crippen LogP contribution in [-0.4, -0.2) is 55.0 Å². The summed E-state index contributed by atoms with van der Waals surface area (Å²) in [6.07, 6.45) is 4.53. The Labute approximate surface area is 111 Å². The highest BCUT2D eigenvalue weighted by Crippen LogP contribution is 2.10. The number of hydrogen-bond acceptors (Lipinski definition) is 3. The van der Waals surface area contributed by atoms with Crippen LogP contribution in [0.15, 0.2) is 0 Å². The predicted molar refractivity (Wildman–Crippen MR) is 75.4 cm³/mol. The van der Waals surface area contributed by atoms with Crippen molar-refractivity contribution in [2.75, 3.05) is 39.3 Å². The highest BCUT2D eigenvalue weighted by atomic mass is 16.2. The summed E-state index contributed by atoms with van der Waals surface area (Å²) < 4.78 is 0. The van der Waals surface area contributed by atoms with Crippen LogP contribution in [0.4, 0.5) is 0 Å². The fourth-order valence-corrected chi connectivity index (χ4v) is 2.33. The first kappa shape index (κ1) is 15.4. The van der Waals surface area contributed by atoms with Gasteiger partial charge in [0.15, 0.2) is 0 Å². The molecule has 0 aliphatic carbocycles. The number of unbranched alkanes of at least 4 members (excludes halogenated alkanes) is 2. The van der Waals surface area contributed by atoms with Gasteiger partial charge in [0.05, 0.1) is 0 Å². The fourth-order valence-electron chi connectivity index (χ4n) is 2.33. The second-order valence-electron chi connectivity index (χ2n) is 5.33. The standard InChI is InChI=1S/C14H29N3O/c1-3-13(2)14(18)17-11-9-16(10-12-17)8-6-4-5-7-15/h13H,3-12,15H2,1-2H3. The van der Waals surface area contributed by atoms with Gasteiger partial charge in [-0.15, -0.1) is 0 Å². The van der Waals surface area contributed by atoms with Gasteiger partial charge in [-0.1, -0.05) is 20.3 Å². The fraction of sp³-hybridized carbons (Fsp3) is 0.929. The summed E-state index contributed by atoms with van der Waals surface area (Å²) in [5.74, 6) is 0.515. The molecule has 0 aromatic carbocycles. The van der Waals surface area contributed by atoms with E-state index in [1.54, 1.807) is 0 Å². The van der Waals surface area contributed by atoms with Gasteiger partial charge in [-0.05, 0) is 32.4 Å². The van der Waals surface area contributed by atoms with Crippen LogP contribution in [0.5, 0.6) is 0 Å². The van der Waals surface area contributed by atoms with E-state index in [0.717, 1.165) is 52.1 Å². The normalized spacial score (nSPS) is 18.9. The van der Waals surface area contributed by atoms with Crippen LogP contribution in [0.3, 0.4) is 0 Å². The van der Waals surface area contributed by atoms with Crippen molar-refractivity contribution in [1.82, 2.24) is 9.80 Å². The first-order valence-corrected chi connectivity index (χ1v) is 7.40. The second-order valence-corrected chi connectivity index (χ2v) is 5.33. The molecule has 0 radical (unpaired) electrons. The average Bonchev–Trinajstić information content (AvgIpc) is 2.42. The maximum Gasteiger partial charge on any atom is 0.225 e. The van der Waals surface area contributed by atoms with Gasteiger partial charge < -0.3 is 10.6 Å². The molecule has 1 saturated heterocycles. The summed E-state index contributed by atoms with van der Waals surface area (Å²) in [5.41, 5.74) is 5.48. The van der Waals surface area contributed by atoms with E-state index in [9.17, 15) is 4.79 Å². The maximum absolute atomic E-state index is 12.0. The van der Waals surface area contributed by atoms with E-state index in [0.29, 0.717) is 5.91 Å². The zero-order chi connectivity index (χ0) is 13.4. The highest BCUT2D eigenvalue weighted by molar-refractivity contribution is 5.78. The van der Waals surface area contributed by atoms with Crippen LogP contribution >= 0.6 is 0 Å². The molecule has 4 nitrogen and oxygen atoms in total. The third kappa shape index (κ3) is 4.94. The molecule has 0 spiro atoms. The minimum absolute atomic E-state index is 0.182. The molecule has 0 aromatic rings. The summed E-state index contributed by atoms with van der Waals surface area (Å²) in [5, 5.41) is 0. The molecule has 1 rings (SSSR count). The Hall–Kier alpha value is -0.610. The van der Waals surface area contributed by atoms with E-state index in [-0.39, 0.29) is 5.92 Å². The lowest BCUT2D eigenvalue weighted by Crippen LogP contribution is -2.50. The van der Waals surface area contributed by atoms with Gasteiger partial charge in [0.1, 0.15) is 0 Å². The Morgan fingerprint density at radius 1 is 1.17 bits per heavy atom. The van der Waals surface area contributed by atoms with Crippen LogP contribution in [0, 0.1) is 5.92 Å².